The van der Waals surface area contributed by atoms with Crippen LogP contribution in [0.15, 0.2) is 33.4 Å². The molecule has 1 unspecified atom stereocenters. The standard InChI is InChI=1S/C16H22N2O2S/c1-13-2-3-16(20-13)15(18-5-7-19-8-6-18)11-17-10-14-4-9-21-12-14/h2-4,9,12,15,17H,5-8,10-11H2,1H3. The van der Waals surface area contributed by atoms with Crippen molar-refractivity contribution in [3.63, 3.8) is 0 Å². The first-order valence-electron chi connectivity index (χ1n) is 7.43. The normalized spacial score (nSPS) is 18.0. The van der Waals surface area contributed by atoms with Crippen LogP contribution in [0, 0.1) is 6.92 Å². The molecule has 4 nitrogen and oxygen atoms in total. The number of ether oxygens (including phenoxy) is 1. The number of nitrogens with one attached hydrogen (secondary N) is 1. The fraction of sp³-hybridized carbons (Fsp3) is 0.500. The maximum absolute atomic E-state index is 5.87. The molecular weight excluding hydrogens is 284 g/mol. The zero-order valence-electron chi connectivity index (χ0n) is 12.4. The molecule has 0 aromatic carbocycles. The fourth-order valence-corrected chi connectivity index (χ4v) is 3.35. The van der Waals surface area contributed by atoms with E-state index in [1.807, 2.05) is 13.0 Å². The van der Waals surface area contributed by atoms with Gasteiger partial charge in [-0.05, 0) is 41.4 Å². The zero-order chi connectivity index (χ0) is 14.5. The number of rotatable bonds is 6. The highest BCUT2D eigenvalue weighted by molar-refractivity contribution is 7.07. The maximum Gasteiger partial charge on any atom is 0.122 e. The van der Waals surface area contributed by atoms with Gasteiger partial charge in [-0.1, -0.05) is 0 Å². The Hall–Kier alpha value is -1.14. The van der Waals surface area contributed by atoms with Crippen LogP contribution in [0.1, 0.15) is 23.1 Å². The van der Waals surface area contributed by atoms with Crippen LogP contribution >= 0.6 is 11.3 Å². The van der Waals surface area contributed by atoms with E-state index in [9.17, 15) is 0 Å². The predicted molar refractivity (Wildman–Crippen MR) is 84.6 cm³/mol. The van der Waals surface area contributed by atoms with Gasteiger partial charge in [0.2, 0.25) is 0 Å². The SMILES string of the molecule is Cc1ccc(C(CNCc2ccsc2)N2CCOCC2)o1. The first-order valence-corrected chi connectivity index (χ1v) is 8.37. The van der Waals surface area contributed by atoms with E-state index in [0.717, 1.165) is 50.9 Å². The molecule has 0 amide bonds. The van der Waals surface area contributed by atoms with Gasteiger partial charge in [0.15, 0.2) is 0 Å². The van der Waals surface area contributed by atoms with Gasteiger partial charge in [0.1, 0.15) is 11.5 Å². The highest BCUT2D eigenvalue weighted by Gasteiger charge is 2.24. The molecule has 5 heteroatoms. The zero-order valence-corrected chi connectivity index (χ0v) is 13.2. The van der Waals surface area contributed by atoms with Gasteiger partial charge < -0.3 is 14.5 Å². The van der Waals surface area contributed by atoms with Crippen molar-refractivity contribution in [1.29, 1.82) is 0 Å². The molecule has 2 aromatic heterocycles. The van der Waals surface area contributed by atoms with Crippen molar-refractivity contribution in [2.75, 3.05) is 32.8 Å². The Morgan fingerprint density at radius 1 is 1.29 bits per heavy atom. The van der Waals surface area contributed by atoms with E-state index in [1.165, 1.54) is 5.56 Å². The quantitative estimate of drug-likeness (QED) is 0.890. The molecule has 2 aromatic rings. The Kier molecular flexibility index (Phi) is 5.08. The summed E-state index contributed by atoms with van der Waals surface area (Å²) in [5.41, 5.74) is 1.34. The number of furan rings is 1. The molecule has 0 radical (unpaired) electrons. The average molecular weight is 306 g/mol. The van der Waals surface area contributed by atoms with Gasteiger partial charge in [-0.2, -0.15) is 11.3 Å². The van der Waals surface area contributed by atoms with Crippen molar-refractivity contribution < 1.29 is 9.15 Å². The van der Waals surface area contributed by atoms with Crippen molar-refractivity contribution in [2.45, 2.75) is 19.5 Å². The van der Waals surface area contributed by atoms with E-state index in [1.54, 1.807) is 11.3 Å². The van der Waals surface area contributed by atoms with Crippen LogP contribution in [-0.2, 0) is 11.3 Å². The van der Waals surface area contributed by atoms with Gasteiger partial charge >= 0.3 is 0 Å². The molecule has 1 saturated heterocycles. The lowest BCUT2D eigenvalue weighted by Crippen LogP contribution is -2.42. The van der Waals surface area contributed by atoms with Crippen molar-refractivity contribution in [2.24, 2.45) is 0 Å². The lowest BCUT2D eigenvalue weighted by atomic mass is 10.1. The van der Waals surface area contributed by atoms with Crippen LogP contribution in [0.5, 0.6) is 0 Å². The summed E-state index contributed by atoms with van der Waals surface area (Å²) in [4.78, 5) is 2.45. The minimum atomic E-state index is 0.279. The topological polar surface area (TPSA) is 37.6 Å². The number of thiophene rings is 1. The second-order valence-corrected chi connectivity index (χ2v) is 6.16. The Morgan fingerprint density at radius 3 is 2.81 bits per heavy atom. The van der Waals surface area contributed by atoms with Crippen LogP contribution in [0.4, 0.5) is 0 Å². The van der Waals surface area contributed by atoms with Crippen LogP contribution in [0.3, 0.4) is 0 Å². The minimum absolute atomic E-state index is 0.279. The van der Waals surface area contributed by atoms with Crippen LogP contribution in [-0.4, -0.2) is 37.7 Å². The fourth-order valence-electron chi connectivity index (χ4n) is 2.68. The van der Waals surface area contributed by atoms with Crippen molar-refractivity contribution in [3.05, 3.63) is 46.0 Å². The molecule has 3 heterocycles. The Labute approximate surface area is 129 Å². The average Bonchev–Trinajstić information content (AvgIpc) is 3.16. The Balaban J connectivity index is 1.63. The summed E-state index contributed by atoms with van der Waals surface area (Å²) in [5, 5.41) is 7.86. The number of hydrogen-bond donors (Lipinski definition) is 1. The Morgan fingerprint density at radius 2 is 2.14 bits per heavy atom. The van der Waals surface area contributed by atoms with E-state index < -0.39 is 0 Å². The molecule has 0 saturated carbocycles. The number of aryl methyl sites for hydroxylation is 1. The summed E-state index contributed by atoms with van der Waals surface area (Å²) < 4.78 is 11.3. The van der Waals surface area contributed by atoms with Crippen LogP contribution in [0.25, 0.3) is 0 Å². The Bertz CT molecular complexity index is 532. The molecule has 1 aliphatic heterocycles. The van der Waals surface area contributed by atoms with E-state index >= 15 is 0 Å². The first kappa shape index (κ1) is 14.8. The van der Waals surface area contributed by atoms with Crippen LogP contribution in [0.2, 0.25) is 0 Å². The van der Waals surface area contributed by atoms with Gasteiger partial charge in [-0.25, -0.2) is 0 Å². The summed E-state index contributed by atoms with van der Waals surface area (Å²) in [6, 6.07) is 6.59. The second kappa shape index (κ2) is 7.22. The molecule has 1 fully saturated rings. The van der Waals surface area contributed by atoms with Crippen LogP contribution < -0.4 is 5.32 Å². The summed E-state index contributed by atoms with van der Waals surface area (Å²) in [7, 11) is 0. The third-order valence-electron chi connectivity index (χ3n) is 3.82. The highest BCUT2D eigenvalue weighted by Crippen LogP contribution is 2.23. The molecular formula is C16H22N2O2S. The van der Waals surface area contributed by atoms with Gasteiger partial charge in [-0.3, -0.25) is 4.90 Å². The van der Waals surface area contributed by atoms with E-state index in [2.05, 4.69) is 33.1 Å². The summed E-state index contributed by atoms with van der Waals surface area (Å²) in [5.74, 6) is 2.02. The van der Waals surface area contributed by atoms with E-state index in [0.29, 0.717) is 0 Å². The number of hydrogen-bond acceptors (Lipinski definition) is 5. The van der Waals surface area contributed by atoms with Gasteiger partial charge in [-0.15, -0.1) is 0 Å². The number of nitrogens with zero attached hydrogens (tertiary/aromatic N) is 1. The molecule has 0 bridgehead atoms. The summed E-state index contributed by atoms with van der Waals surface area (Å²) >= 11 is 1.74. The smallest absolute Gasteiger partial charge is 0.122 e. The molecule has 0 spiro atoms. The summed E-state index contributed by atoms with van der Waals surface area (Å²) in [6.45, 7) is 7.34. The predicted octanol–water partition coefficient (Wildman–Crippen LogP) is 2.81. The van der Waals surface area contributed by atoms with E-state index in [4.69, 9.17) is 9.15 Å². The molecule has 21 heavy (non-hydrogen) atoms. The molecule has 1 N–H and O–H groups in total. The lowest BCUT2D eigenvalue weighted by Gasteiger charge is -2.33. The van der Waals surface area contributed by atoms with Gasteiger partial charge in [0.25, 0.3) is 0 Å². The molecule has 1 atom stereocenters. The van der Waals surface area contributed by atoms with Crippen molar-refractivity contribution in [3.8, 4) is 0 Å². The molecule has 0 aliphatic carbocycles. The molecule has 3 rings (SSSR count). The van der Waals surface area contributed by atoms with E-state index in [-0.39, 0.29) is 6.04 Å². The maximum atomic E-state index is 5.87. The van der Waals surface area contributed by atoms with Gasteiger partial charge in [0.05, 0.1) is 19.3 Å². The minimum Gasteiger partial charge on any atom is -0.465 e. The van der Waals surface area contributed by atoms with Crippen molar-refractivity contribution in [1.82, 2.24) is 10.2 Å². The lowest BCUT2D eigenvalue weighted by molar-refractivity contribution is 0.0115. The first-order chi connectivity index (χ1) is 10.3. The monoisotopic (exact) mass is 306 g/mol. The third-order valence-corrected chi connectivity index (χ3v) is 4.55. The van der Waals surface area contributed by atoms with Crippen molar-refractivity contribution >= 4 is 11.3 Å². The highest BCUT2D eigenvalue weighted by atomic mass is 32.1. The third kappa shape index (κ3) is 3.95. The second-order valence-electron chi connectivity index (χ2n) is 5.38. The summed E-state index contributed by atoms with van der Waals surface area (Å²) in [6.07, 6.45) is 0. The molecule has 114 valence electrons. The number of morpholine rings is 1. The molecule has 1 aliphatic rings. The van der Waals surface area contributed by atoms with Gasteiger partial charge in [0, 0.05) is 26.2 Å². The largest absolute Gasteiger partial charge is 0.465 e.